The van der Waals surface area contributed by atoms with Crippen molar-refractivity contribution in [1.29, 1.82) is 0 Å². The van der Waals surface area contributed by atoms with Crippen LogP contribution in [-0.2, 0) is 17.9 Å². The van der Waals surface area contributed by atoms with Crippen molar-refractivity contribution in [2.45, 2.75) is 32.4 Å². The number of fused-ring (bicyclic) bond motifs is 2. The molecule has 1 amide bonds. The largest absolute Gasteiger partial charge is 0.454 e. The van der Waals surface area contributed by atoms with Gasteiger partial charge >= 0.3 is 0 Å². The van der Waals surface area contributed by atoms with E-state index in [2.05, 4.69) is 35.1 Å². The van der Waals surface area contributed by atoms with Crippen LogP contribution in [0.5, 0.6) is 11.5 Å². The van der Waals surface area contributed by atoms with E-state index in [-0.39, 0.29) is 30.9 Å². The third kappa shape index (κ3) is 4.29. The van der Waals surface area contributed by atoms with Crippen LogP contribution in [0.1, 0.15) is 36.0 Å². The highest BCUT2D eigenvalue weighted by molar-refractivity contribution is 5.86. The van der Waals surface area contributed by atoms with Gasteiger partial charge in [0.15, 0.2) is 11.5 Å². The summed E-state index contributed by atoms with van der Waals surface area (Å²) in [4.78, 5) is 13.0. The summed E-state index contributed by atoms with van der Waals surface area (Å²) in [6.07, 6.45) is 2.30. The zero-order chi connectivity index (χ0) is 22.8. The molecule has 5 nitrogen and oxygen atoms in total. The van der Waals surface area contributed by atoms with Crippen molar-refractivity contribution in [3.8, 4) is 11.5 Å². The number of ether oxygens (including phenoxy) is 2. The van der Waals surface area contributed by atoms with Crippen LogP contribution >= 0.6 is 0 Å². The maximum atomic E-state index is 14.1. The van der Waals surface area contributed by atoms with Crippen LogP contribution < -0.4 is 14.8 Å². The zero-order valence-corrected chi connectivity index (χ0v) is 18.4. The zero-order valence-electron chi connectivity index (χ0n) is 18.4. The number of benzene rings is 3. The van der Waals surface area contributed by atoms with E-state index < -0.39 is 0 Å². The highest BCUT2D eigenvalue weighted by Crippen LogP contribution is 2.35. The summed E-state index contributed by atoms with van der Waals surface area (Å²) in [5, 5.41) is 4.09. The molecule has 0 saturated heterocycles. The lowest BCUT2D eigenvalue weighted by molar-refractivity contribution is -0.121. The van der Waals surface area contributed by atoms with Gasteiger partial charge in [0, 0.05) is 42.5 Å². The van der Waals surface area contributed by atoms with Crippen molar-refractivity contribution in [1.82, 2.24) is 9.88 Å². The average molecular weight is 445 g/mol. The Morgan fingerprint density at radius 2 is 1.91 bits per heavy atom. The first kappa shape index (κ1) is 21.1. The van der Waals surface area contributed by atoms with Gasteiger partial charge in [-0.3, -0.25) is 4.79 Å². The second kappa shape index (κ2) is 8.98. The summed E-state index contributed by atoms with van der Waals surface area (Å²) in [5.41, 5.74) is 3.85. The number of aryl methyl sites for hydroxylation is 1. The van der Waals surface area contributed by atoms with E-state index in [9.17, 15) is 9.18 Å². The topological polar surface area (TPSA) is 52.5 Å². The Morgan fingerprint density at radius 1 is 1.06 bits per heavy atom. The van der Waals surface area contributed by atoms with Crippen LogP contribution in [0.15, 0.2) is 72.9 Å². The number of para-hydroxylation sites is 1. The number of carbonyl (C=O) groups is 1. The average Bonchev–Trinajstić information content (AvgIpc) is 3.45. The van der Waals surface area contributed by atoms with Crippen molar-refractivity contribution in [2.75, 3.05) is 6.79 Å². The molecule has 5 rings (SSSR count). The first-order valence-corrected chi connectivity index (χ1v) is 11.1. The highest BCUT2D eigenvalue weighted by atomic mass is 19.1. The quantitative estimate of drug-likeness (QED) is 0.417. The third-order valence-corrected chi connectivity index (χ3v) is 6.10. The van der Waals surface area contributed by atoms with Gasteiger partial charge in [-0.2, -0.15) is 0 Å². The molecule has 0 bridgehead atoms. The second-order valence-corrected chi connectivity index (χ2v) is 8.16. The minimum Gasteiger partial charge on any atom is -0.454 e. The van der Waals surface area contributed by atoms with Crippen LogP contribution in [0.3, 0.4) is 0 Å². The predicted molar refractivity (Wildman–Crippen MR) is 125 cm³/mol. The predicted octanol–water partition coefficient (Wildman–Crippen LogP) is 5.37. The molecular weight excluding hydrogens is 419 g/mol. The Balaban J connectivity index is 1.41. The summed E-state index contributed by atoms with van der Waals surface area (Å²) >= 11 is 0. The fraction of sp³-hybridized carbons (Fsp3) is 0.222. The summed E-state index contributed by atoms with van der Waals surface area (Å²) in [6, 6.07) is 20.3. The Kier molecular flexibility index (Phi) is 5.73. The standard InChI is InChI=1S/C27H25FN2O3/c1-2-30-16-23(21-8-3-4-9-24(21)30)22(19-6-5-7-20(28)13-19)14-27(31)29-15-18-10-11-25-26(12-18)33-17-32-25/h3-13,16,22H,2,14-15,17H2,1H3,(H,29,31). The van der Waals surface area contributed by atoms with Gasteiger partial charge in [0.1, 0.15) is 5.82 Å². The third-order valence-electron chi connectivity index (χ3n) is 6.10. The Morgan fingerprint density at radius 3 is 2.76 bits per heavy atom. The molecule has 33 heavy (non-hydrogen) atoms. The van der Waals surface area contributed by atoms with Gasteiger partial charge in [-0.1, -0.05) is 36.4 Å². The van der Waals surface area contributed by atoms with Crippen molar-refractivity contribution in [2.24, 2.45) is 0 Å². The van der Waals surface area contributed by atoms with E-state index in [1.807, 2.05) is 36.4 Å². The molecule has 0 aliphatic carbocycles. The van der Waals surface area contributed by atoms with E-state index in [0.717, 1.165) is 34.1 Å². The fourth-order valence-corrected chi connectivity index (χ4v) is 4.45. The number of halogens is 1. The van der Waals surface area contributed by atoms with Crippen LogP contribution in [0.4, 0.5) is 4.39 Å². The molecule has 1 aliphatic rings. The number of rotatable bonds is 7. The summed E-state index contributed by atoms with van der Waals surface area (Å²) in [7, 11) is 0. The smallest absolute Gasteiger partial charge is 0.231 e. The van der Waals surface area contributed by atoms with E-state index in [4.69, 9.17) is 9.47 Å². The molecule has 0 fully saturated rings. The SMILES string of the molecule is CCn1cc(C(CC(=O)NCc2ccc3c(c2)OCO3)c2cccc(F)c2)c2ccccc21. The molecule has 1 aliphatic heterocycles. The van der Waals surface area contributed by atoms with Gasteiger partial charge in [0.25, 0.3) is 0 Å². The molecule has 4 aromatic rings. The van der Waals surface area contributed by atoms with E-state index in [0.29, 0.717) is 18.0 Å². The Bertz CT molecular complexity index is 1310. The maximum absolute atomic E-state index is 14.1. The first-order valence-electron chi connectivity index (χ1n) is 11.1. The van der Waals surface area contributed by atoms with E-state index in [1.165, 1.54) is 12.1 Å². The minimum atomic E-state index is -0.308. The molecular formula is C27H25FN2O3. The van der Waals surface area contributed by atoms with Crippen LogP contribution in [0.2, 0.25) is 0 Å². The molecule has 168 valence electrons. The van der Waals surface area contributed by atoms with E-state index in [1.54, 1.807) is 6.07 Å². The van der Waals surface area contributed by atoms with Crippen molar-refractivity contribution in [3.05, 3.63) is 95.4 Å². The van der Waals surface area contributed by atoms with Gasteiger partial charge in [-0.05, 0) is 53.9 Å². The summed E-state index contributed by atoms with van der Waals surface area (Å²) in [6.45, 7) is 3.49. The lowest BCUT2D eigenvalue weighted by Gasteiger charge is -2.17. The van der Waals surface area contributed by atoms with Crippen LogP contribution in [-0.4, -0.2) is 17.3 Å². The number of nitrogens with zero attached hydrogens (tertiary/aromatic N) is 1. The molecule has 1 aromatic heterocycles. The molecule has 1 unspecified atom stereocenters. The van der Waals surface area contributed by atoms with Crippen molar-refractivity contribution < 1.29 is 18.7 Å². The normalized spacial score (nSPS) is 13.3. The van der Waals surface area contributed by atoms with E-state index >= 15 is 0 Å². The van der Waals surface area contributed by atoms with Crippen molar-refractivity contribution in [3.63, 3.8) is 0 Å². The maximum Gasteiger partial charge on any atom is 0.231 e. The lowest BCUT2D eigenvalue weighted by Crippen LogP contribution is -2.25. The Labute approximate surface area is 191 Å². The highest BCUT2D eigenvalue weighted by Gasteiger charge is 2.23. The number of nitrogens with one attached hydrogen (secondary N) is 1. The van der Waals surface area contributed by atoms with Gasteiger partial charge in [-0.25, -0.2) is 4.39 Å². The fourth-order valence-electron chi connectivity index (χ4n) is 4.45. The number of hydrogen-bond acceptors (Lipinski definition) is 3. The van der Waals surface area contributed by atoms with Gasteiger partial charge < -0.3 is 19.4 Å². The second-order valence-electron chi connectivity index (χ2n) is 8.16. The summed E-state index contributed by atoms with van der Waals surface area (Å²) in [5.74, 6) is 0.721. The van der Waals surface area contributed by atoms with Crippen LogP contribution in [0, 0.1) is 5.82 Å². The number of aromatic nitrogens is 1. The van der Waals surface area contributed by atoms with Crippen molar-refractivity contribution >= 4 is 16.8 Å². The molecule has 1 atom stereocenters. The number of amides is 1. The Hall–Kier alpha value is -3.80. The molecule has 0 spiro atoms. The molecule has 6 heteroatoms. The number of carbonyl (C=O) groups excluding carboxylic acids is 1. The van der Waals surface area contributed by atoms with Gasteiger partial charge in [-0.15, -0.1) is 0 Å². The van der Waals surface area contributed by atoms with Crippen LogP contribution in [0.25, 0.3) is 10.9 Å². The monoisotopic (exact) mass is 444 g/mol. The molecule has 0 radical (unpaired) electrons. The number of hydrogen-bond donors (Lipinski definition) is 1. The lowest BCUT2D eigenvalue weighted by atomic mass is 9.88. The van der Waals surface area contributed by atoms with Gasteiger partial charge in [0.05, 0.1) is 0 Å². The summed E-state index contributed by atoms with van der Waals surface area (Å²) < 4.78 is 27.0. The molecule has 2 heterocycles. The molecule has 3 aromatic carbocycles. The van der Waals surface area contributed by atoms with Gasteiger partial charge in [0.2, 0.25) is 12.7 Å². The first-order chi connectivity index (χ1) is 16.1. The molecule has 0 saturated carbocycles. The minimum absolute atomic E-state index is 0.102. The molecule has 1 N–H and O–H groups in total.